The van der Waals surface area contributed by atoms with Gasteiger partial charge in [-0.1, -0.05) is 40.7 Å². The maximum Gasteiger partial charge on any atom is 0.182 e. The number of anilines is 1. The Hall–Kier alpha value is -1.59. The quantitative estimate of drug-likeness (QED) is 0.899. The lowest BCUT2D eigenvalue weighted by molar-refractivity contribution is 0.595. The van der Waals surface area contributed by atoms with Gasteiger partial charge in [-0.05, 0) is 35.4 Å². The zero-order valence-corrected chi connectivity index (χ0v) is 13.7. The first-order valence-electron chi connectivity index (χ1n) is 6.49. The molecule has 3 nitrogen and oxygen atoms in total. The van der Waals surface area contributed by atoms with E-state index in [0.29, 0.717) is 4.90 Å². The van der Waals surface area contributed by atoms with Crippen LogP contribution in [0.3, 0.4) is 0 Å². The summed E-state index contributed by atoms with van der Waals surface area (Å²) in [5, 5.41) is 3.18. The van der Waals surface area contributed by atoms with Gasteiger partial charge in [-0.3, -0.25) is 0 Å². The van der Waals surface area contributed by atoms with Crippen LogP contribution in [0, 0.1) is 0 Å². The number of benzene rings is 2. The number of fused-ring (bicyclic) bond motifs is 1. The number of sulfone groups is 1. The second kappa shape index (κ2) is 5.31. The van der Waals surface area contributed by atoms with Crippen molar-refractivity contribution in [1.82, 2.24) is 0 Å². The molecular formula is C16H14BrNO2S. The Morgan fingerprint density at radius 3 is 2.76 bits per heavy atom. The first-order valence-corrected chi connectivity index (χ1v) is 8.93. The molecule has 0 fully saturated rings. The Morgan fingerprint density at radius 2 is 2.00 bits per heavy atom. The molecule has 1 N–H and O–H groups in total. The topological polar surface area (TPSA) is 46.2 Å². The molecule has 1 aliphatic rings. The molecule has 3 rings (SSSR count). The molecule has 21 heavy (non-hydrogen) atoms. The SMILES string of the molecule is C=C1Cc2cc(CS(=O)(=O)c3cccc(Br)c3)ccc2N1. The Bertz CT molecular complexity index is 828. The normalized spacial score (nSPS) is 13.9. The van der Waals surface area contributed by atoms with Crippen LogP contribution in [0.15, 0.2) is 64.1 Å². The van der Waals surface area contributed by atoms with Crippen LogP contribution in [0.25, 0.3) is 0 Å². The number of nitrogens with one attached hydrogen (secondary N) is 1. The molecule has 0 bridgehead atoms. The third-order valence-corrected chi connectivity index (χ3v) is 5.58. The van der Waals surface area contributed by atoms with Gasteiger partial charge < -0.3 is 5.32 Å². The molecule has 0 saturated carbocycles. The molecule has 2 aromatic rings. The summed E-state index contributed by atoms with van der Waals surface area (Å²) >= 11 is 3.30. The van der Waals surface area contributed by atoms with Crippen LogP contribution in [0.2, 0.25) is 0 Å². The highest BCUT2D eigenvalue weighted by Gasteiger charge is 2.18. The first kappa shape index (κ1) is 14.4. The van der Waals surface area contributed by atoms with Crippen molar-refractivity contribution in [2.45, 2.75) is 17.1 Å². The molecule has 0 spiro atoms. The van der Waals surface area contributed by atoms with Crippen molar-refractivity contribution in [3.63, 3.8) is 0 Å². The van der Waals surface area contributed by atoms with Crippen LogP contribution < -0.4 is 5.32 Å². The van der Waals surface area contributed by atoms with Gasteiger partial charge in [0, 0.05) is 22.3 Å². The number of rotatable bonds is 3. The molecule has 0 aromatic heterocycles. The lowest BCUT2D eigenvalue weighted by Gasteiger charge is -2.07. The van der Waals surface area contributed by atoms with Crippen molar-refractivity contribution in [3.05, 3.63) is 70.3 Å². The number of hydrogen-bond acceptors (Lipinski definition) is 3. The Balaban J connectivity index is 1.90. The van der Waals surface area contributed by atoms with Crippen LogP contribution >= 0.6 is 15.9 Å². The van der Waals surface area contributed by atoms with E-state index in [2.05, 4.69) is 27.8 Å². The van der Waals surface area contributed by atoms with Crippen LogP contribution in [-0.2, 0) is 22.0 Å². The zero-order chi connectivity index (χ0) is 15.0. The van der Waals surface area contributed by atoms with Gasteiger partial charge in [-0.25, -0.2) is 8.42 Å². The largest absolute Gasteiger partial charge is 0.359 e. The van der Waals surface area contributed by atoms with E-state index in [0.717, 1.165) is 33.4 Å². The number of halogens is 1. The molecule has 108 valence electrons. The van der Waals surface area contributed by atoms with E-state index < -0.39 is 9.84 Å². The number of allylic oxidation sites excluding steroid dienone is 1. The molecule has 0 aliphatic carbocycles. The van der Waals surface area contributed by atoms with Crippen molar-refractivity contribution in [2.75, 3.05) is 5.32 Å². The fourth-order valence-corrected chi connectivity index (χ4v) is 4.36. The van der Waals surface area contributed by atoms with Gasteiger partial charge >= 0.3 is 0 Å². The summed E-state index contributed by atoms with van der Waals surface area (Å²) < 4.78 is 25.7. The van der Waals surface area contributed by atoms with E-state index in [-0.39, 0.29) is 5.75 Å². The summed E-state index contributed by atoms with van der Waals surface area (Å²) in [5.41, 5.74) is 3.85. The predicted octanol–water partition coefficient (Wildman–Crippen LogP) is 3.90. The maximum absolute atomic E-state index is 12.5. The second-order valence-corrected chi connectivity index (χ2v) is 8.02. The van der Waals surface area contributed by atoms with Crippen molar-refractivity contribution < 1.29 is 8.42 Å². The fourth-order valence-electron chi connectivity index (χ4n) is 2.43. The van der Waals surface area contributed by atoms with E-state index in [1.807, 2.05) is 24.3 Å². The van der Waals surface area contributed by atoms with Crippen LogP contribution in [-0.4, -0.2) is 8.42 Å². The Kier molecular flexibility index (Phi) is 3.63. The standard InChI is InChI=1S/C16H14BrNO2S/c1-11-7-13-8-12(5-6-16(13)18-11)10-21(19,20)15-4-2-3-14(17)9-15/h2-6,8-9,18H,1,7,10H2. The molecule has 0 saturated heterocycles. The number of hydrogen-bond donors (Lipinski definition) is 1. The predicted molar refractivity (Wildman–Crippen MR) is 87.9 cm³/mol. The molecule has 1 heterocycles. The third kappa shape index (κ3) is 3.04. The van der Waals surface area contributed by atoms with E-state index in [4.69, 9.17) is 0 Å². The minimum absolute atomic E-state index is 0.00318. The summed E-state index contributed by atoms with van der Waals surface area (Å²) in [6.07, 6.45) is 0.750. The molecule has 5 heteroatoms. The molecule has 0 radical (unpaired) electrons. The summed E-state index contributed by atoms with van der Waals surface area (Å²) in [6, 6.07) is 12.5. The zero-order valence-electron chi connectivity index (χ0n) is 11.3. The van der Waals surface area contributed by atoms with Crippen molar-refractivity contribution >= 4 is 31.5 Å². The van der Waals surface area contributed by atoms with Crippen molar-refractivity contribution in [1.29, 1.82) is 0 Å². The minimum Gasteiger partial charge on any atom is -0.359 e. The lowest BCUT2D eigenvalue weighted by Crippen LogP contribution is -2.05. The van der Waals surface area contributed by atoms with Crippen LogP contribution in [0.1, 0.15) is 11.1 Å². The van der Waals surface area contributed by atoms with Gasteiger partial charge in [0.1, 0.15) is 0 Å². The van der Waals surface area contributed by atoms with Crippen molar-refractivity contribution in [3.8, 4) is 0 Å². The first-order chi connectivity index (χ1) is 9.94. The molecule has 2 aromatic carbocycles. The highest BCUT2D eigenvalue weighted by Crippen LogP contribution is 2.29. The van der Waals surface area contributed by atoms with Gasteiger partial charge in [-0.2, -0.15) is 0 Å². The molecule has 0 amide bonds. The fraction of sp³-hybridized carbons (Fsp3) is 0.125. The van der Waals surface area contributed by atoms with Gasteiger partial charge in [0.2, 0.25) is 0 Å². The smallest absolute Gasteiger partial charge is 0.182 e. The monoisotopic (exact) mass is 363 g/mol. The highest BCUT2D eigenvalue weighted by molar-refractivity contribution is 9.10. The molecule has 1 aliphatic heterocycles. The summed E-state index contributed by atoms with van der Waals surface area (Å²) in [5.74, 6) is 0.00318. The van der Waals surface area contributed by atoms with Crippen molar-refractivity contribution in [2.24, 2.45) is 0 Å². The summed E-state index contributed by atoms with van der Waals surface area (Å²) in [7, 11) is -3.34. The van der Waals surface area contributed by atoms with E-state index >= 15 is 0 Å². The average Bonchev–Trinajstić information content (AvgIpc) is 2.77. The second-order valence-electron chi connectivity index (χ2n) is 5.11. The van der Waals surface area contributed by atoms with Gasteiger partial charge in [0.15, 0.2) is 9.84 Å². The van der Waals surface area contributed by atoms with Crippen LogP contribution in [0.4, 0.5) is 5.69 Å². The minimum atomic E-state index is -3.34. The third-order valence-electron chi connectivity index (χ3n) is 3.40. The highest BCUT2D eigenvalue weighted by atomic mass is 79.9. The van der Waals surface area contributed by atoms with Gasteiger partial charge in [0.25, 0.3) is 0 Å². The average molecular weight is 364 g/mol. The van der Waals surface area contributed by atoms with E-state index in [1.54, 1.807) is 18.2 Å². The van der Waals surface area contributed by atoms with Gasteiger partial charge in [0.05, 0.1) is 10.6 Å². The lowest BCUT2D eigenvalue weighted by atomic mass is 10.1. The molecule has 0 unspecified atom stereocenters. The van der Waals surface area contributed by atoms with Gasteiger partial charge in [-0.15, -0.1) is 0 Å². The molecule has 0 atom stereocenters. The maximum atomic E-state index is 12.5. The van der Waals surface area contributed by atoms with E-state index in [1.165, 1.54) is 0 Å². The summed E-state index contributed by atoms with van der Waals surface area (Å²) in [4.78, 5) is 0.333. The Morgan fingerprint density at radius 1 is 1.19 bits per heavy atom. The summed E-state index contributed by atoms with van der Waals surface area (Å²) in [6.45, 7) is 3.90. The van der Waals surface area contributed by atoms with Crippen LogP contribution in [0.5, 0.6) is 0 Å². The van der Waals surface area contributed by atoms with E-state index in [9.17, 15) is 8.42 Å². The molecular weight excluding hydrogens is 350 g/mol. The Labute approximate surface area is 132 Å².